The molecule has 0 saturated heterocycles. The summed E-state index contributed by atoms with van der Waals surface area (Å²) < 4.78 is 20.7. The average Bonchev–Trinajstić information content (AvgIpc) is 1.64. The molecule has 0 heterocycles. The molecule has 0 aliphatic heterocycles. The van der Waals surface area contributed by atoms with Gasteiger partial charge in [0, 0.05) is 10.7 Å². The Morgan fingerprint density at radius 2 is 2.22 bits per heavy atom. The summed E-state index contributed by atoms with van der Waals surface area (Å²) in [5.41, 5.74) is 0. The molecule has 1 unspecified atom stereocenters. The Balaban J connectivity index is 4.10. The van der Waals surface area contributed by atoms with Gasteiger partial charge in [-0.2, -0.15) is 5.26 Å². The van der Waals surface area contributed by atoms with E-state index < -0.39 is 14.3 Å². The van der Waals surface area contributed by atoms with Crippen molar-refractivity contribution in [1.29, 1.82) is 5.26 Å². The fourth-order valence-corrected chi connectivity index (χ4v) is 0.691. The Morgan fingerprint density at radius 1 is 1.78 bits per heavy atom. The highest BCUT2D eigenvalue weighted by Gasteiger charge is 2.15. The molecule has 5 heteroatoms. The molecule has 0 amide bonds. The molecular formula is C4H6ClNO2S. The van der Waals surface area contributed by atoms with Crippen LogP contribution in [0.1, 0.15) is 13.3 Å². The van der Waals surface area contributed by atoms with E-state index in [4.69, 9.17) is 15.9 Å². The average molecular weight is 168 g/mol. The Bertz CT molecular complexity index is 215. The monoisotopic (exact) mass is 167 g/mol. The molecule has 0 rings (SSSR count). The number of nitrogens with zero attached hydrogens (tertiary/aromatic N) is 1. The van der Waals surface area contributed by atoms with Gasteiger partial charge >= 0.3 is 0 Å². The van der Waals surface area contributed by atoms with Crippen LogP contribution in [0.3, 0.4) is 0 Å². The third kappa shape index (κ3) is 3.33. The first-order chi connectivity index (χ1) is 3.98. The van der Waals surface area contributed by atoms with E-state index in [-0.39, 0.29) is 6.42 Å². The van der Waals surface area contributed by atoms with E-state index in [0.29, 0.717) is 0 Å². The van der Waals surface area contributed by atoms with E-state index in [9.17, 15) is 8.42 Å². The molecule has 0 aliphatic carbocycles. The van der Waals surface area contributed by atoms with Gasteiger partial charge in [-0.25, -0.2) is 8.42 Å². The van der Waals surface area contributed by atoms with Crippen molar-refractivity contribution >= 4 is 19.7 Å². The zero-order valence-electron chi connectivity index (χ0n) is 4.83. The van der Waals surface area contributed by atoms with Crippen molar-refractivity contribution in [2.45, 2.75) is 18.6 Å². The van der Waals surface area contributed by atoms with Gasteiger partial charge in [0.1, 0.15) is 0 Å². The molecule has 0 spiro atoms. The highest BCUT2D eigenvalue weighted by atomic mass is 35.7. The highest BCUT2D eigenvalue weighted by molar-refractivity contribution is 8.14. The second-order valence-corrected chi connectivity index (χ2v) is 4.69. The summed E-state index contributed by atoms with van der Waals surface area (Å²) in [6, 6.07) is 1.71. The van der Waals surface area contributed by atoms with Gasteiger partial charge in [-0.3, -0.25) is 0 Å². The molecule has 9 heavy (non-hydrogen) atoms. The first-order valence-corrected chi connectivity index (χ1v) is 4.66. The summed E-state index contributed by atoms with van der Waals surface area (Å²) in [5.74, 6) is 0. The minimum absolute atomic E-state index is 0.0498. The smallest absolute Gasteiger partial charge is 0.212 e. The third-order valence-corrected chi connectivity index (χ3v) is 2.90. The number of rotatable bonds is 2. The highest BCUT2D eigenvalue weighted by Crippen LogP contribution is 2.08. The van der Waals surface area contributed by atoms with Crippen molar-refractivity contribution in [3.63, 3.8) is 0 Å². The predicted octanol–water partition coefficient (Wildman–Crippen LogP) is 0.857. The van der Waals surface area contributed by atoms with E-state index in [0.717, 1.165) is 0 Å². The zero-order valence-corrected chi connectivity index (χ0v) is 6.41. The van der Waals surface area contributed by atoms with E-state index in [1.54, 1.807) is 6.07 Å². The summed E-state index contributed by atoms with van der Waals surface area (Å²) in [7, 11) is 1.37. The van der Waals surface area contributed by atoms with Gasteiger partial charge in [0.15, 0.2) is 0 Å². The molecule has 0 aromatic carbocycles. The maximum Gasteiger partial charge on any atom is 0.236 e. The van der Waals surface area contributed by atoms with Crippen molar-refractivity contribution in [1.82, 2.24) is 0 Å². The molecule has 0 N–H and O–H groups in total. The number of halogens is 1. The second kappa shape index (κ2) is 3.04. The van der Waals surface area contributed by atoms with Gasteiger partial charge in [0.2, 0.25) is 9.05 Å². The molecule has 0 bridgehead atoms. The van der Waals surface area contributed by atoms with E-state index >= 15 is 0 Å². The van der Waals surface area contributed by atoms with Gasteiger partial charge in [-0.15, -0.1) is 0 Å². The van der Waals surface area contributed by atoms with Crippen LogP contribution in [0.5, 0.6) is 0 Å². The van der Waals surface area contributed by atoms with Crippen molar-refractivity contribution in [2.24, 2.45) is 0 Å². The van der Waals surface area contributed by atoms with Gasteiger partial charge in [0.25, 0.3) is 0 Å². The lowest BCUT2D eigenvalue weighted by molar-refractivity contribution is 0.598. The lowest BCUT2D eigenvalue weighted by Crippen LogP contribution is -2.09. The summed E-state index contributed by atoms with van der Waals surface area (Å²) in [6.07, 6.45) is -0.0498. The Morgan fingerprint density at radius 3 is 2.33 bits per heavy atom. The van der Waals surface area contributed by atoms with Gasteiger partial charge in [-0.05, 0) is 6.92 Å². The zero-order chi connectivity index (χ0) is 7.49. The van der Waals surface area contributed by atoms with Crippen LogP contribution in [0.25, 0.3) is 0 Å². The first-order valence-electron chi connectivity index (χ1n) is 2.29. The largest absolute Gasteiger partial charge is 0.236 e. The molecule has 0 radical (unpaired) electrons. The first kappa shape index (κ1) is 8.73. The predicted molar refractivity (Wildman–Crippen MR) is 34.5 cm³/mol. The molecule has 0 aromatic rings. The van der Waals surface area contributed by atoms with Crippen LogP contribution < -0.4 is 0 Å². The van der Waals surface area contributed by atoms with Crippen LogP contribution in [-0.2, 0) is 9.05 Å². The van der Waals surface area contributed by atoms with Crippen LogP contribution >= 0.6 is 10.7 Å². The number of nitriles is 1. The minimum atomic E-state index is -3.52. The van der Waals surface area contributed by atoms with Crippen LogP contribution in [0.2, 0.25) is 0 Å². The fraction of sp³-hybridized carbons (Fsp3) is 0.750. The summed E-state index contributed by atoms with van der Waals surface area (Å²) >= 11 is 0. The molecular weight excluding hydrogens is 162 g/mol. The Kier molecular flexibility index (Phi) is 2.95. The van der Waals surface area contributed by atoms with Crippen LogP contribution in [0.4, 0.5) is 0 Å². The maximum absolute atomic E-state index is 10.3. The van der Waals surface area contributed by atoms with Crippen molar-refractivity contribution in [2.75, 3.05) is 0 Å². The fourth-order valence-electron chi connectivity index (χ4n) is 0.228. The molecule has 0 aliphatic rings. The van der Waals surface area contributed by atoms with Gasteiger partial charge < -0.3 is 0 Å². The van der Waals surface area contributed by atoms with Crippen molar-refractivity contribution in [3.05, 3.63) is 0 Å². The van der Waals surface area contributed by atoms with Crippen molar-refractivity contribution in [3.8, 4) is 6.07 Å². The standard InChI is InChI=1S/C4H6ClNO2S/c1-4(2-3-6)9(5,7)8/h4H,2H2,1H3. The van der Waals surface area contributed by atoms with E-state index in [2.05, 4.69) is 0 Å². The molecule has 1 atom stereocenters. The molecule has 0 aromatic heterocycles. The topological polar surface area (TPSA) is 57.9 Å². The van der Waals surface area contributed by atoms with E-state index in [1.165, 1.54) is 6.92 Å². The summed E-state index contributed by atoms with van der Waals surface area (Å²) in [5, 5.41) is 7.27. The van der Waals surface area contributed by atoms with Crippen LogP contribution in [0, 0.1) is 11.3 Å². The Hall–Kier alpha value is -0.270. The third-order valence-electron chi connectivity index (χ3n) is 0.859. The number of hydrogen-bond donors (Lipinski definition) is 0. The van der Waals surface area contributed by atoms with Gasteiger partial charge in [0.05, 0.1) is 17.7 Å². The quantitative estimate of drug-likeness (QED) is 0.573. The SMILES string of the molecule is CC(CC#N)S(=O)(=O)Cl. The van der Waals surface area contributed by atoms with E-state index in [1.807, 2.05) is 0 Å². The van der Waals surface area contributed by atoms with Gasteiger partial charge in [-0.1, -0.05) is 0 Å². The lowest BCUT2D eigenvalue weighted by Gasteiger charge is -1.98. The summed E-state index contributed by atoms with van der Waals surface area (Å²) in [6.45, 7) is 1.39. The maximum atomic E-state index is 10.3. The number of hydrogen-bond acceptors (Lipinski definition) is 3. The minimum Gasteiger partial charge on any atom is -0.212 e. The molecule has 52 valence electrons. The second-order valence-electron chi connectivity index (χ2n) is 1.65. The normalized spacial score (nSPS) is 14.3. The molecule has 0 fully saturated rings. The molecule has 3 nitrogen and oxygen atoms in total. The van der Waals surface area contributed by atoms with Crippen LogP contribution in [0.15, 0.2) is 0 Å². The lowest BCUT2D eigenvalue weighted by atomic mass is 10.4. The summed E-state index contributed by atoms with van der Waals surface area (Å²) in [4.78, 5) is 0. The van der Waals surface area contributed by atoms with Crippen molar-refractivity contribution < 1.29 is 8.42 Å². The van der Waals surface area contributed by atoms with Crippen LogP contribution in [-0.4, -0.2) is 13.7 Å². The Labute approximate surface area is 58.7 Å². The molecule has 0 saturated carbocycles.